The lowest BCUT2D eigenvalue weighted by atomic mass is 10.2. The summed E-state index contributed by atoms with van der Waals surface area (Å²) in [6.45, 7) is 2.14. The Morgan fingerprint density at radius 2 is 2.05 bits per heavy atom. The molecule has 2 rings (SSSR count). The quantitative estimate of drug-likeness (QED) is 0.817. The fraction of sp³-hybridized carbons (Fsp3) is 0.214. The van der Waals surface area contributed by atoms with Crippen molar-refractivity contribution in [2.45, 2.75) is 19.9 Å². The highest BCUT2D eigenvalue weighted by atomic mass is 16.2. The van der Waals surface area contributed by atoms with Crippen molar-refractivity contribution in [1.29, 1.82) is 0 Å². The number of carbonyl (C=O) groups excluding carboxylic acids is 1. The van der Waals surface area contributed by atoms with Crippen molar-refractivity contribution in [3.8, 4) is 0 Å². The van der Waals surface area contributed by atoms with Gasteiger partial charge in [0.25, 0.3) is 0 Å². The zero-order chi connectivity index (χ0) is 14.5. The van der Waals surface area contributed by atoms with Gasteiger partial charge in [0.2, 0.25) is 5.91 Å². The molecular weight excluding hydrogens is 256 g/mol. The lowest BCUT2D eigenvalue weighted by molar-refractivity contribution is -0.116. The van der Waals surface area contributed by atoms with Crippen LogP contribution in [0.5, 0.6) is 0 Å². The Hall–Kier alpha value is -2.63. The first-order valence-corrected chi connectivity index (χ1v) is 6.23. The summed E-state index contributed by atoms with van der Waals surface area (Å²) in [5.74, 6) is -0.164. The highest BCUT2D eigenvalue weighted by molar-refractivity contribution is 5.90. The maximum atomic E-state index is 11.8. The molecule has 1 aromatic carbocycles. The van der Waals surface area contributed by atoms with Gasteiger partial charge in [-0.1, -0.05) is 0 Å². The van der Waals surface area contributed by atoms with E-state index >= 15 is 0 Å². The maximum Gasteiger partial charge on any atom is 0.347 e. The van der Waals surface area contributed by atoms with E-state index in [1.165, 1.54) is 10.8 Å². The molecule has 104 valence electrons. The van der Waals surface area contributed by atoms with Crippen LogP contribution < -0.4 is 16.7 Å². The van der Waals surface area contributed by atoms with Gasteiger partial charge in [-0.25, -0.2) is 9.78 Å². The Balaban J connectivity index is 1.93. The SMILES string of the molecule is Cc1cnc(=O)n(CCC(=O)Nc2ccc(N)cc2)c1. The minimum atomic E-state index is -0.351. The molecule has 1 amide bonds. The van der Waals surface area contributed by atoms with Crippen LogP contribution >= 0.6 is 0 Å². The van der Waals surface area contributed by atoms with Gasteiger partial charge in [0.05, 0.1) is 0 Å². The monoisotopic (exact) mass is 272 g/mol. The summed E-state index contributed by atoms with van der Waals surface area (Å²) in [5, 5.41) is 2.74. The van der Waals surface area contributed by atoms with Crippen molar-refractivity contribution in [2.24, 2.45) is 0 Å². The minimum absolute atomic E-state index is 0.164. The Morgan fingerprint density at radius 3 is 2.75 bits per heavy atom. The molecule has 0 fully saturated rings. The second kappa shape index (κ2) is 6.01. The predicted octanol–water partition coefficient (Wildman–Crippen LogP) is 1.16. The first-order valence-electron chi connectivity index (χ1n) is 6.23. The number of anilines is 2. The number of nitrogens with zero attached hydrogens (tertiary/aromatic N) is 2. The average Bonchev–Trinajstić information content (AvgIpc) is 2.42. The van der Waals surface area contributed by atoms with E-state index in [4.69, 9.17) is 5.73 Å². The number of rotatable bonds is 4. The normalized spacial score (nSPS) is 10.2. The molecule has 3 N–H and O–H groups in total. The molecule has 0 unspecified atom stereocenters. The lowest BCUT2D eigenvalue weighted by Gasteiger charge is -2.07. The van der Waals surface area contributed by atoms with Crippen molar-refractivity contribution < 1.29 is 4.79 Å². The van der Waals surface area contributed by atoms with Gasteiger partial charge in [0.15, 0.2) is 0 Å². The molecule has 0 spiro atoms. The van der Waals surface area contributed by atoms with E-state index in [-0.39, 0.29) is 18.0 Å². The van der Waals surface area contributed by atoms with Gasteiger partial charge in [-0.2, -0.15) is 0 Å². The zero-order valence-corrected chi connectivity index (χ0v) is 11.2. The van der Waals surface area contributed by atoms with E-state index in [9.17, 15) is 9.59 Å². The summed E-state index contributed by atoms with van der Waals surface area (Å²) in [6.07, 6.45) is 3.40. The lowest BCUT2D eigenvalue weighted by Crippen LogP contribution is -2.25. The third-order valence-electron chi connectivity index (χ3n) is 2.76. The molecular formula is C14H16N4O2. The molecule has 0 aliphatic rings. The molecule has 0 atom stereocenters. The fourth-order valence-electron chi connectivity index (χ4n) is 1.74. The Morgan fingerprint density at radius 1 is 1.35 bits per heavy atom. The number of nitrogens with one attached hydrogen (secondary N) is 1. The van der Waals surface area contributed by atoms with E-state index in [0.717, 1.165) is 5.56 Å². The molecule has 0 radical (unpaired) electrons. The summed E-state index contributed by atoms with van der Waals surface area (Å²) >= 11 is 0. The molecule has 6 nitrogen and oxygen atoms in total. The van der Waals surface area contributed by atoms with Gasteiger partial charge in [0.1, 0.15) is 0 Å². The van der Waals surface area contributed by atoms with Crippen LogP contribution in [0.2, 0.25) is 0 Å². The average molecular weight is 272 g/mol. The highest BCUT2D eigenvalue weighted by Gasteiger charge is 2.04. The van der Waals surface area contributed by atoms with Crippen LogP contribution in [-0.2, 0) is 11.3 Å². The number of nitrogens with two attached hydrogens (primary N) is 1. The van der Waals surface area contributed by atoms with Gasteiger partial charge in [-0.3, -0.25) is 9.36 Å². The highest BCUT2D eigenvalue weighted by Crippen LogP contribution is 2.10. The van der Waals surface area contributed by atoms with E-state index < -0.39 is 0 Å². The fourth-order valence-corrected chi connectivity index (χ4v) is 1.74. The third kappa shape index (κ3) is 3.68. The van der Waals surface area contributed by atoms with Gasteiger partial charge in [-0.05, 0) is 36.8 Å². The van der Waals surface area contributed by atoms with Crippen LogP contribution in [0.1, 0.15) is 12.0 Å². The Kier molecular flexibility index (Phi) is 4.14. The summed E-state index contributed by atoms with van der Waals surface area (Å²) in [4.78, 5) is 27.0. The van der Waals surface area contributed by atoms with Gasteiger partial charge in [0, 0.05) is 36.7 Å². The number of benzene rings is 1. The van der Waals surface area contributed by atoms with E-state index in [2.05, 4.69) is 10.3 Å². The number of amides is 1. The van der Waals surface area contributed by atoms with Crippen LogP contribution in [-0.4, -0.2) is 15.5 Å². The summed E-state index contributed by atoms with van der Waals surface area (Å²) in [6, 6.07) is 6.89. The van der Waals surface area contributed by atoms with Crippen LogP contribution in [0.15, 0.2) is 41.5 Å². The molecule has 1 heterocycles. The van der Waals surface area contributed by atoms with Crippen LogP contribution in [0.25, 0.3) is 0 Å². The molecule has 0 bridgehead atoms. The van der Waals surface area contributed by atoms with Crippen molar-refractivity contribution in [3.05, 3.63) is 52.7 Å². The number of aryl methyl sites for hydroxylation is 2. The second-order valence-corrected chi connectivity index (χ2v) is 4.53. The smallest absolute Gasteiger partial charge is 0.347 e. The van der Waals surface area contributed by atoms with Crippen LogP contribution in [0.4, 0.5) is 11.4 Å². The van der Waals surface area contributed by atoms with Crippen LogP contribution in [0, 0.1) is 6.92 Å². The van der Waals surface area contributed by atoms with Gasteiger partial charge < -0.3 is 11.1 Å². The number of carbonyl (C=O) groups is 1. The number of aromatic nitrogens is 2. The standard InChI is InChI=1S/C14H16N4O2/c1-10-8-16-14(20)18(9-10)7-6-13(19)17-12-4-2-11(15)3-5-12/h2-5,8-9H,6-7,15H2,1H3,(H,17,19). The first-order chi connectivity index (χ1) is 9.54. The van der Waals surface area contributed by atoms with Crippen LogP contribution in [0.3, 0.4) is 0 Å². The molecule has 2 aromatic rings. The Labute approximate surface area is 116 Å². The van der Waals surface area contributed by atoms with Gasteiger partial charge >= 0.3 is 5.69 Å². The largest absolute Gasteiger partial charge is 0.399 e. The zero-order valence-electron chi connectivity index (χ0n) is 11.2. The summed E-state index contributed by atoms with van der Waals surface area (Å²) in [5.41, 5.74) is 7.41. The molecule has 6 heteroatoms. The van der Waals surface area contributed by atoms with Crippen molar-refractivity contribution >= 4 is 17.3 Å². The maximum absolute atomic E-state index is 11.8. The molecule has 20 heavy (non-hydrogen) atoms. The topological polar surface area (TPSA) is 90.0 Å². The van der Waals surface area contributed by atoms with E-state index in [0.29, 0.717) is 17.9 Å². The number of hydrogen-bond donors (Lipinski definition) is 2. The number of nitrogen functional groups attached to an aromatic ring is 1. The second-order valence-electron chi connectivity index (χ2n) is 4.53. The summed E-state index contributed by atoms with van der Waals surface area (Å²) in [7, 11) is 0. The summed E-state index contributed by atoms with van der Waals surface area (Å²) < 4.78 is 1.43. The Bertz CT molecular complexity index is 662. The molecule has 0 aliphatic heterocycles. The van der Waals surface area contributed by atoms with E-state index in [1.54, 1.807) is 30.5 Å². The van der Waals surface area contributed by atoms with Crippen molar-refractivity contribution in [2.75, 3.05) is 11.1 Å². The first kappa shape index (κ1) is 13.8. The van der Waals surface area contributed by atoms with Gasteiger partial charge in [-0.15, -0.1) is 0 Å². The molecule has 0 saturated carbocycles. The van der Waals surface area contributed by atoms with Crippen molar-refractivity contribution in [3.63, 3.8) is 0 Å². The molecule has 0 saturated heterocycles. The van der Waals surface area contributed by atoms with Crippen molar-refractivity contribution in [1.82, 2.24) is 9.55 Å². The minimum Gasteiger partial charge on any atom is -0.399 e. The van der Waals surface area contributed by atoms with E-state index in [1.807, 2.05) is 6.92 Å². The molecule has 0 aliphatic carbocycles. The predicted molar refractivity (Wildman–Crippen MR) is 77.3 cm³/mol. The third-order valence-corrected chi connectivity index (χ3v) is 2.76. The molecule has 1 aromatic heterocycles. The number of hydrogen-bond acceptors (Lipinski definition) is 4.